The van der Waals surface area contributed by atoms with Gasteiger partial charge in [0.25, 0.3) is 0 Å². The molecule has 22 heavy (non-hydrogen) atoms. The zero-order chi connectivity index (χ0) is 15.7. The van der Waals surface area contributed by atoms with Crippen molar-refractivity contribution >= 4 is 16.9 Å². The number of aromatic nitrogens is 1. The van der Waals surface area contributed by atoms with Crippen LogP contribution < -0.4 is 5.76 Å². The summed E-state index contributed by atoms with van der Waals surface area (Å²) in [7, 11) is 3.77. The van der Waals surface area contributed by atoms with Crippen LogP contribution in [0.5, 0.6) is 0 Å². The molecule has 0 spiro atoms. The zero-order valence-corrected chi connectivity index (χ0v) is 13.0. The standard InChI is InChI=1S/C16H21N3O3/c1-17-7-9-19(10-8-17)6-5-14(20)12-3-4-13-15(11-12)22-16(21)18(13)2/h3-4,11H,5-10H2,1-2H3. The Bertz CT molecular complexity index is 739. The van der Waals surface area contributed by atoms with E-state index in [-0.39, 0.29) is 5.78 Å². The third-order valence-electron chi connectivity index (χ3n) is 4.37. The van der Waals surface area contributed by atoms with Crippen LogP contribution in [0.15, 0.2) is 27.4 Å². The molecule has 1 aliphatic rings. The summed E-state index contributed by atoms with van der Waals surface area (Å²) < 4.78 is 6.57. The number of hydrogen-bond donors (Lipinski definition) is 0. The molecule has 1 aliphatic heterocycles. The minimum absolute atomic E-state index is 0.0901. The molecule has 0 unspecified atom stereocenters. The summed E-state index contributed by atoms with van der Waals surface area (Å²) in [6.07, 6.45) is 0.492. The fraction of sp³-hybridized carbons (Fsp3) is 0.500. The number of carbonyl (C=O) groups excluding carboxylic acids is 1. The van der Waals surface area contributed by atoms with Crippen LogP contribution in [0, 0.1) is 0 Å². The van der Waals surface area contributed by atoms with Gasteiger partial charge in [-0.1, -0.05) is 0 Å². The van der Waals surface area contributed by atoms with Gasteiger partial charge in [-0.05, 0) is 25.2 Å². The van der Waals surface area contributed by atoms with Gasteiger partial charge in [-0.3, -0.25) is 9.36 Å². The second-order valence-electron chi connectivity index (χ2n) is 5.93. The van der Waals surface area contributed by atoms with E-state index in [4.69, 9.17) is 4.42 Å². The number of benzene rings is 1. The van der Waals surface area contributed by atoms with E-state index < -0.39 is 5.76 Å². The Morgan fingerprint density at radius 1 is 1.18 bits per heavy atom. The topological polar surface area (TPSA) is 58.7 Å². The smallest absolute Gasteiger partial charge is 0.408 e. The highest BCUT2D eigenvalue weighted by Gasteiger charge is 2.16. The van der Waals surface area contributed by atoms with Crippen molar-refractivity contribution in [3.05, 3.63) is 34.3 Å². The number of carbonyl (C=O) groups is 1. The van der Waals surface area contributed by atoms with Crippen LogP contribution in [-0.2, 0) is 7.05 Å². The second-order valence-corrected chi connectivity index (χ2v) is 5.93. The summed E-state index contributed by atoms with van der Waals surface area (Å²) in [6, 6.07) is 5.20. The molecule has 0 bridgehead atoms. The van der Waals surface area contributed by atoms with Crippen LogP contribution >= 0.6 is 0 Å². The normalized spacial score (nSPS) is 17.2. The number of oxazole rings is 1. The maximum atomic E-state index is 12.3. The summed E-state index contributed by atoms with van der Waals surface area (Å²) >= 11 is 0. The number of Topliss-reactive ketones (excluding diaryl/α,β-unsaturated/α-hetero) is 1. The summed E-state index contributed by atoms with van der Waals surface area (Å²) in [5.41, 5.74) is 1.79. The van der Waals surface area contributed by atoms with E-state index in [0.717, 1.165) is 32.7 Å². The van der Waals surface area contributed by atoms with Gasteiger partial charge < -0.3 is 14.2 Å². The van der Waals surface area contributed by atoms with E-state index >= 15 is 0 Å². The molecule has 6 heteroatoms. The number of aryl methyl sites for hydroxylation is 1. The predicted octanol–water partition coefficient (Wildman–Crippen LogP) is 0.952. The zero-order valence-electron chi connectivity index (χ0n) is 13.0. The van der Waals surface area contributed by atoms with Crippen molar-refractivity contribution in [2.45, 2.75) is 6.42 Å². The molecule has 1 aromatic heterocycles. The minimum atomic E-state index is -0.406. The van der Waals surface area contributed by atoms with E-state index in [1.165, 1.54) is 4.57 Å². The van der Waals surface area contributed by atoms with E-state index in [1.807, 2.05) is 0 Å². The maximum absolute atomic E-state index is 12.3. The average molecular weight is 303 g/mol. The van der Waals surface area contributed by atoms with Gasteiger partial charge in [-0.15, -0.1) is 0 Å². The fourth-order valence-electron chi connectivity index (χ4n) is 2.78. The first kappa shape index (κ1) is 15.0. The van der Waals surface area contributed by atoms with Gasteiger partial charge in [0.05, 0.1) is 5.52 Å². The van der Waals surface area contributed by atoms with Crippen molar-refractivity contribution in [2.75, 3.05) is 39.8 Å². The molecule has 2 aromatic rings. The van der Waals surface area contributed by atoms with Gasteiger partial charge in [0.2, 0.25) is 0 Å². The molecule has 1 fully saturated rings. The molecule has 1 aromatic carbocycles. The van der Waals surface area contributed by atoms with Gasteiger partial charge in [0, 0.05) is 51.8 Å². The van der Waals surface area contributed by atoms with Gasteiger partial charge >= 0.3 is 5.76 Å². The van der Waals surface area contributed by atoms with E-state index in [2.05, 4.69) is 16.8 Å². The van der Waals surface area contributed by atoms with Crippen molar-refractivity contribution in [1.82, 2.24) is 14.4 Å². The van der Waals surface area contributed by atoms with Crippen molar-refractivity contribution in [3.63, 3.8) is 0 Å². The molecule has 0 aliphatic carbocycles. The fourth-order valence-corrected chi connectivity index (χ4v) is 2.78. The molecule has 6 nitrogen and oxygen atoms in total. The summed E-state index contributed by atoms with van der Waals surface area (Å²) in [6.45, 7) is 4.90. The molecule has 0 N–H and O–H groups in total. The molecule has 2 heterocycles. The van der Waals surface area contributed by atoms with Gasteiger partial charge in [-0.25, -0.2) is 4.79 Å². The summed E-state index contributed by atoms with van der Waals surface area (Å²) in [5.74, 6) is -0.315. The Balaban J connectivity index is 1.66. The molecular formula is C16H21N3O3. The Morgan fingerprint density at radius 3 is 2.64 bits per heavy atom. The molecule has 0 radical (unpaired) electrons. The number of nitrogens with zero attached hydrogens (tertiary/aromatic N) is 3. The van der Waals surface area contributed by atoms with Gasteiger partial charge in [0.15, 0.2) is 11.4 Å². The Kier molecular flexibility index (Phi) is 4.13. The van der Waals surface area contributed by atoms with Crippen LogP contribution in [0.3, 0.4) is 0 Å². The highest BCUT2D eigenvalue weighted by atomic mass is 16.4. The van der Waals surface area contributed by atoms with Crippen molar-refractivity contribution in [2.24, 2.45) is 7.05 Å². The Morgan fingerprint density at radius 2 is 1.91 bits per heavy atom. The second kappa shape index (κ2) is 6.06. The summed E-state index contributed by atoms with van der Waals surface area (Å²) in [4.78, 5) is 28.4. The van der Waals surface area contributed by atoms with Crippen LogP contribution in [0.1, 0.15) is 16.8 Å². The van der Waals surface area contributed by atoms with Crippen molar-refractivity contribution in [3.8, 4) is 0 Å². The highest BCUT2D eigenvalue weighted by molar-refractivity contribution is 5.98. The molecule has 0 amide bonds. The molecule has 1 saturated heterocycles. The number of hydrogen-bond acceptors (Lipinski definition) is 5. The third-order valence-corrected chi connectivity index (χ3v) is 4.37. The first-order chi connectivity index (χ1) is 10.5. The van der Waals surface area contributed by atoms with Crippen molar-refractivity contribution in [1.29, 1.82) is 0 Å². The van der Waals surface area contributed by atoms with Crippen molar-refractivity contribution < 1.29 is 9.21 Å². The van der Waals surface area contributed by atoms with E-state index in [9.17, 15) is 9.59 Å². The molecule has 0 atom stereocenters. The summed E-state index contributed by atoms with van der Waals surface area (Å²) in [5, 5.41) is 0. The lowest BCUT2D eigenvalue weighted by Crippen LogP contribution is -2.45. The van der Waals surface area contributed by atoms with Gasteiger partial charge in [0.1, 0.15) is 0 Å². The number of ketones is 1. The molecule has 3 rings (SSSR count). The Labute approximate surface area is 128 Å². The maximum Gasteiger partial charge on any atom is 0.419 e. The quantitative estimate of drug-likeness (QED) is 0.787. The lowest BCUT2D eigenvalue weighted by Gasteiger charge is -2.32. The van der Waals surface area contributed by atoms with Gasteiger partial charge in [-0.2, -0.15) is 0 Å². The lowest BCUT2D eigenvalue weighted by atomic mass is 10.1. The molecular weight excluding hydrogens is 282 g/mol. The lowest BCUT2D eigenvalue weighted by molar-refractivity contribution is 0.0942. The van der Waals surface area contributed by atoms with Crippen LogP contribution in [0.4, 0.5) is 0 Å². The molecule has 118 valence electrons. The number of piperazine rings is 1. The largest absolute Gasteiger partial charge is 0.419 e. The molecule has 0 saturated carbocycles. The highest BCUT2D eigenvalue weighted by Crippen LogP contribution is 2.16. The number of likely N-dealkylation sites (N-methyl/N-ethyl adjacent to an activating group) is 1. The van der Waals surface area contributed by atoms with E-state index in [1.54, 1.807) is 25.2 Å². The average Bonchev–Trinajstić information content (AvgIpc) is 2.80. The van der Waals surface area contributed by atoms with E-state index in [0.29, 0.717) is 23.1 Å². The first-order valence-corrected chi connectivity index (χ1v) is 7.58. The number of fused-ring (bicyclic) bond motifs is 1. The SMILES string of the molecule is CN1CCN(CCC(=O)c2ccc3c(c2)oc(=O)n3C)CC1. The minimum Gasteiger partial charge on any atom is -0.408 e. The van der Waals surface area contributed by atoms with Crippen LogP contribution in [0.25, 0.3) is 11.1 Å². The third kappa shape index (κ3) is 2.98. The van der Waals surface area contributed by atoms with Crippen LogP contribution in [0.2, 0.25) is 0 Å². The van der Waals surface area contributed by atoms with Crippen LogP contribution in [-0.4, -0.2) is 59.9 Å². The Hall–Kier alpha value is -1.92. The monoisotopic (exact) mass is 303 g/mol. The predicted molar refractivity (Wildman–Crippen MR) is 84.3 cm³/mol. The number of rotatable bonds is 4. The first-order valence-electron chi connectivity index (χ1n) is 7.58.